The first kappa shape index (κ1) is 12.5. The number of aryl methyl sites for hydroxylation is 1. The number of anilines is 1. The van der Waals surface area contributed by atoms with Gasteiger partial charge in [0.15, 0.2) is 0 Å². The zero-order valence-corrected chi connectivity index (χ0v) is 11.6. The Morgan fingerprint density at radius 3 is 3.00 bits per heavy atom. The third-order valence-electron chi connectivity index (χ3n) is 3.19. The number of halogens is 1. The lowest BCUT2D eigenvalue weighted by Gasteiger charge is -2.21. The van der Waals surface area contributed by atoms with Crippen LogP contribution in [0.4, 0.5) is 5.82 Å². The van der Waals surface area contributed by atoms with Crippen molar-refractivity contribution in [3.63, 3.8) is 0 Å². The van der Waals surface area contributed by atoms with Crippen molar-refractivity contribution in [2.75, 3.05) is 18.4 Å². The molecule has 0 bridgehead atoms. The Morgan fingerprint density at radius 2 is 2.41 bits per heavy atom. The molecule has 2 rings (SSSR count). The lowest BCUT2D eigenvalue weighted by Crippen LogP contribution is -2.35. The lowest BCUT2D eigenvalue weighted by atomic mass is 9.89. The standard InChI is InChI=1S/C12H16BrN3O/c1-8-5-9(13)6-15-10(8)16-11(17)12(2)3-4-14-7-12/h5-6,14H,3-4,7H2,1-2H3,(H,15,16,17). The van der Waals surface area contributed by atoms with Gasteiger partial charge in [-0.2, -0.15) is 0 Å². The maximum Gasteiger partial charge on any atom is 0.232 e. The first-order chi connectivity index (χ1) is 8.01. The molecule has 1 aromatic rings. The summed E-state index contributed by atoms with van der Waals surface area (Å²) >= 11 is 3.35. The Labute approximate surface area is 109 Å². The van der Waals surface area contributed by atoms with Crippen molar-refractivity contribution < 1.29 is 4.79 Å². The highest BCUT2D eigenvalue weighted by Crippen LogP contribution is 2.27. The smallest absolute Gasteiger partial charge is 0.232 e. The molecule has 1 fully saturated rings. The summed E-state index contributed by atoms with van der Waals surface area (Å²) in [6.45, 7) is 5.55. The molecule has 5 heteroatoms. The van der Waals surface area contributed by atoms with Crippen LogP contribution in [0.2, 0.25) is 0 Å². The van der Waals surface area contributed by atoms with E-state index >= 15 is 0 Å². The van der Waals surface area contributed by atoms with E-state index in [2.05, 4.69) is 31.5 Å². The van der Waals surface area contributed by atoms with E-state index in [9.17, 15) is 4.79 Å². The summed E-state index contributed by atoms with van der Waals surface area (Å²) in [5.41, 5.74) is 0.642. The number of amides is 1. The molecule has 17 heavy (non-hydrogen) atoms. The Kier molecular flexibility index (Phi) is 3.49. The van der Waals surface area contributed by atoms with Gasteiger partial charge in [0.25, 0.3) is 0 Å². The van der Waals surface area contributed by atoms with Crippen LogP contribution in [0.5, 0.6) is 0 Å². The molecule has 1 saturated heterocycles. The van der Waals surface area contributed by atoms with Gasteiger partial charge in [-0.15, -0.1) is 0 Å². The number of aromatic nitrogens is 1. The van der Waals surface area contributed by atoms with E-state index in [1.54, 1.807) is 6.20 Å². The van der Waals surface area contributed by atoms with Crippen LogP contribution in [0, 0.1) is 12.3 Å². The number of rotatable bonds is 2. The van der Waals surface area contributed by atoms with Gasteiger partial charge in [-0.3, -0.25) is 4.79 Å². The summed E-state index contributed by atoms with van der Waals surface area (Å²) in [7, 11) is 0. The van der Waals surface area contributed by atoms with E-state index < -0.39 is 0 Å². The molecule has 1 aliphatic heterocycles. The van der Waals surface area contributed by atoms with Gasteiger partial charge in [-0.05, 0) is 54.4 Å². The predicted octanol–water partition coefficient (Wildman–Crippen LogP) is 2.09. The molecule has 1 aromatic heterocycles. The fourth-order valence-corrected chi connectivity index (χ4v) is 2.39. The monoisotopic (exact) mass is 297 g/mol. The summed E-state index contributed by atoms with van der Waals surface area (Å²) in [5, 5.41) is 6.12. The number of pyridine rings is 1. The SMILES string of the molecule is Cc1cc(Br)cnc1NC(=O)C1(C)CCNC1. The zero-order valence-electron chi connectivity index (χ0n) is 10.0. The van der Waals surface area contributed by atoms with Gasteiger partial charge in [-0.25, -0.2) is 4.98 Å². The van der Waals surface area contributed by atoms with Crippen LogP contribution < -0.4 is 10.6 Å². The van der Waals surface area contributed by atoms with E-state index in [0.717, 1.165) is 29.5 Å². The van der Waals surface area contributed by atoms with Gasteiger partial charge in [-0.1, -0.05) is 0 Å². The van der Waals surface area contributed by atoms with E-state index in [-0.39, 0.29) is 11.3 Å². The first-order valence-electron chi connectivity index (χ1n) is 5.66. The molecule has 0 spiro atoms. The molecule has 1 atom stereocenters. The van der Waals surface area contributed by atoms with Gasteiger partial charge < -0.3 is 10.6 Å². The molecule has 2 heterocycles. The van der Waals surface area contributed by atoms with Crippen molar-refractivity contribution >= 4 is 27.7 Å². The largest absolute Gasteiger partial charge is 0.316 e. The van der Waals surface area contributed by atoms with Crippen LogP contribution in [0.3, 0.4) is 0 Å². The Hall–Kier alpha value is -0.940. The van der Waals surface area contributed by atoms with Gasteiger partial charge >= 0.3 is 0 Å². The molecule has 0 aliphatic carbocycles. The van der Waals surface area contributed by atoms with Crippen molar-refractivity contribution in [3.05, 3.63) is 22.3 Å². The fraction of sp³-hybridized carbons (Fsp3) is 0.500. The Morgan fingerprint density at radius 1 is 1.65 bits per heavy atom. The minimum absolute atomic E-state index is 0.0421. The number of hydrogen-bond donors (Lipinski definition) is 2. The Bertz CT molecular complexity index is 441. The summed E-state index contributed by atoms with van der Waals surface area (Å²) in [5.74, 6) is 0.687. The molecule has 1 aliphatic rings. The van der Waals surface area contributed by atoms with Gasteiger partial charge in [0.2, 0.25) is 5.91 Å². The van der Waals surface area contributed by atoms with Crippen molar-refractivity contribution in [2.45, 2.75) is 20.3 Å². The minimum atomic E-state index is -0.318. The second-order valence-corrected chi connectivity index (χ2v) is 5.68. The van der Waals surface area contributed by atoms with Crippen molar-refractivity contribution in [1.29, 1.82) is 0 Å². The molecule has 2 N–H and O–H groups in total. The third kappa shape index (κ3) is 2.66. The maximum absolute atomic E-state index is 12.2. The predicted molar refractivity (Wildman–Crippen MR) is 70.9 cm³/mol. The summed E-state index contributed by atoms with van der Waals surface area (Å²) < 4.78 is 0.918. The van der Waals surface area contributed by atoms with Gasteiger partial charge in [0.1, 0.15) is 5.82 Å². The Balaban J connectivity index is 2.13. The van der Waals surface area contributed by atoms with Gasteiger partial charge in [0, 0.05) is 17.2 Å². The first-order valence-corrected chi connectivity index (χ1v) is 6.45. The van der Waals surface area contributed by atoms with Crippen LogP contribution in [-0.2, 0) is 4.79 Å². The number of hydrogen-bond acceptors (Lipinski definition) is 3. The molecule has 0 saturated carbocycles. The van der Waals surface area contributed by atoms with Crippen LogP contribution in [-0.4, -0.2) is 24.0 Å². The van der Waals surface area contributed by atoms with Crippen LogP contribution >= 0.6 is 15.9 Å². The van der Waals surface area contributed by atoms with E-state index in [1.165, 1.54) is 0 Å². The molecule has 92 valence electrons. The highest BCUT2D eigenvalue weighted by atomic mass is 79.9. The summed E-state index contributed by atoms with van der Waals surface area (Å²) in [4.78, 5) is 16.4. The number of nitrogens with one attached hydrogen (secondary N) is 2. The maximum atomic E-state index is 12.2. The van der Waals surface area contributed by atoms with Crippen LogP contribution in [0.15, 0.2) is 16.7 Å². The highest BCUT2D eigenvalue weighted by molar-refractivity contribution is 9.10. The molecule has 4 nitrogen and oxygen atoms in total. The number of carbonyl (C=O) groups excluding carboxylic acids is 1. The minimum Gasteiger partial charge on any atom is -0.316 e. The molecule has 1 unspecified atom stereocenters. The molecule has 0 aromatic carbocycles. The average molecular weight is 298 g/mol. The van der Waals surface area contributed by atoms with Crippen molar-refractivity contribution in [2.24, 2.45) is 5.41 Å². The normalized spacial score (nSPS) is 23.7. The van der Waals surface area contributed by atoms with Crippen LogP contribution in [0.25, 0.3) is 0 Å². The summed E-state index contributed by atoms with van der Waals surface area (Å²) in [6, 6.07) is 1.94. The molecule has 0 radical (unpaired) electrons. The van der Waals surface area contributed by atoms with E-state index in [4.69, 9.17) is 0 Å². The molecular weight excluding hydrogens is 282 g/mol. The third-order valence-corrected chi connectivity index (χ3v) is 3.63. The number of carbonyl (C=O) groups is 1. The van der Waals surface area contributed by atoms with Gasteiger partial charge in [0.05, 0.1) is 5.41 Å². The van der Waals surface area contributed by atoms with E-state index in [0.29, 0.717) is 5.82 Å². The van der Waals surface area contributed by atoms with E-state index in [1.807, 2.05) is 19.9 Å². The lowest BCUT2D eigenvalue weighted by molar-refractivity contribution is -0.123. The molecular formula is C12H16BrN3O. The highest BCUT2D eigenvalue weighted by Gasteiger charge is 2.36. The molecule has 1 amide bonds. The van der Waals surface area contributed by atoms with Crippen molar-refractivity contribution in [3.8, 4) is 0 Å². The van der Waals surface area contributed by atoms with Crippen molar-refractivity contribution in [1.82, 2.24) is 10.3 Å². The second-order valence-electron chi connectivity index (χ2n) is 4.76. The topological polar surface area (TPSA) is 54.0 Å². The zero-order chi connectivity index (χ0) is 12.5. The quantitative estimate of drug-likeness (QED) is 0.879. The summed E-state index contributed by atoms with van der Waals surface area (Å²) in [6.07, 6.45) is 2.56. The number of nitrogens with zero attached hydrogens (tertiary/aromatic N) is 1. The second kappa shape index (κ2) is 4.74. The average Bonchev–Trinajstić information content (AvgIpc) is 2.71. The van der Waals surface area contributed by atoms with Crippen LogP contribution in [0.1, 0.15) is 18.9 Å². The fourth-order valence-electron chi connectivity index (χ4n) is 1.94.